The molecule has 4 unspecified atom stereocenters. The van der Waals surface area contributed by atoms with Crippen molar-refractivity contribution in [2.45, 2.75) is 64.6 Å². The van der Waals surface area contributed by atoms with Crippen LogP contribution in [0.1, 0.15) is 46.5 Å². The van der Waals surface area contributed by atoms with Gasteiger partial charge in [-0.25, -0.2) is 0 Å². The minimum atomic E-state index is 0.676. The second kappa shape index (κ2) is 4.84. The van der Waals surface area contributed by atoms with Gasteiger partial charge in [0.15, 0.2) is 0 Å². The highest BCUT2D eigenvalue weighted by Gasteiger charge is 2.32. The Hall–Kier alpha value is -0.0800. The van der Waals surface area contributed by atoms with Gasteiger partial charge in [-0.15, -0.1) is 0 Å². The van der Waals surface area contributed by atoms with Crippen LogP contribution < -0.4 is 5.32 Å². The fourth-order valence-electron chi connectivity index (χ4n) is 3.30. The lowest BCUT2D eigenvalue weighted by molar-refractivity contribution is 0.0454. The number of piperazine rings is 1. The van der Waals surface area contributed by atoms with E-state index in [0.717, 1.165) is 18.0 Å². The summed E-state index contributed by atoms with van der Waals surface area (Å²) in [6, 6.07) is 2.26. The molecule has 0 radical (unpaired) electrons. The van der Waals surface area contributed by atoms with Crippen LogP contribution in [0.3, 0.4) is 0 Å². The second-order valence-corrected chi connectivity index (χ2v) is 5.68. The van der Waals surface area contributed by atoms with Gasteiger partial charge >= 0.3 is 0 Å². The lowest BCUT2D eigenvalue weighted by Gasteiger charge is -2.46. The Bertz CT molecular complexity index is 205. The Kier molecular flexibility index (Phi) is 3.68. The van der Waals surface area contributed by atoms with E-state index in [1.54, 1.807) is 0 Å². The summed E-state index contributed by atoms with van der Waals surface area (Å²) in [6.45, 7) is 9.55. The fraction of sp³-hybridized carbons (Fsp3) is 1.00. The average Bonchev–Trinajstić information content (AvgIpc) is 2.23. The molecule has 2 nitrogen and oxygen atoms in total. The minimum absolute atomic E-state index is 0.676. The first kappa shape index (κ1) is 11.4. The molecule has 1 aliphatic carbocycles. The summed E-state index contributed by atoms with van der Waals surface area (Å²) in [5, 5.41) is 3.57. The highest BCUT2D eigenvalue weighted by Crippen LogP contribution is 2.30. The zero-order valence-corrected chi connectivity index (χ0v) is 10.5. The Balaban J connectivity index is 1.99. The Morgan fingerprint density at radius 3 is 2.53 bits per heavy atom. The first-order valence-electron chi connectivity index (χ1n) is 6.67. The summed E-state index contributed by atoms with van der Waals surface area (Å²) >= 11 is 0. The Morgan fingerprint density at radius 2 is 1.80 bits per heavy atom. The van der Waals surface area contributed by atoms with Crippen molar-refractivity contribution in [1.82, 2.24) is 10.2 Å². The van der Waals surface area contributed by atoms with Crippen LogP contribution in [0.4, 0.5) is 0 Å². The van der Waals surface area contributed by atoms with Crippen molar-refractivity contribution in [2.75, 3.05) is 13.1 Å². The van der Waals surface area contributed by atoms with Crippen LogP contribution in [-0.2, 0) is 0 Å². The molecule has 88 valence electrons. The van der Waals surface area contributed by atoms with E-state index >= 15 is 0 Å². The molecule has 15 heavy (non-hydrogen) atoms. The summed E-state index contributed by atoms with van der Waals surface area (Å²) in [5.41, 5.74) is 0. The van der Waals surface area contributed by atoms with Gasteiger partial charge in [0.25, 0.3) is 0 Å². The molecule has 1 heterocycles. The molecule has 2 rings (SSSR count). The van der Waals surface area contributed by atoms with Gasteiger partial charge in [-0.05, 0) is 32.6 Å². The molecule has 0 amide bonds. The van der Waals surface area contributed by atoms with Crippen molar-refractivity contribution < 1.29 is 0 Å². The summed E-state index contributed by atoms with van der Waals surface area (Å²) in [5.74, 6) is 0.909. The maximum Gasteiger partial charge on any atom is 0.0196 e. The normalized spacial score (nSPS) is 44.2. The molecule has 2 aliphatic rings. The van der Waals surface area contributed by atoms with Crippen molar-refractivity contribution in [3.05, 3.63) is 0 Å². The zero-order valence-electron chi connectivity index (χ0n) is 10.5. The van der Waals surface area contributed by atoms with E-state index in [-0.39, 0.29) is 0 Å². The molecule has 1 N–H and O–H groups in total. The zero-order chi connectivity index (χ0) is 10.8. The molecule has 0 spiro atoms. The number of hydrogen-bond donors (Lipinski definition) is 1. The van der Waals surface area contributed by atoms with E-state index in [0.29, 0.717) is 6.04 Å². The lowest BCUT2D eigenvalue weighted by atomic mass is 9.83. The van der Waals surface area contributed by atoms with Gasteiger partial charge in [0, 0.05) is 31.2 Å². The van der Waals surface area contributed by atoms with Crippen molar-refractivity contribution >= 4 is 0 Å². The number of nitrogens with zero attached hydrogens (tertiary/aromatic N) is 1. The van der Waals surface area contributed by atoms with Gasteiger partial charge in [0.2, 0.25) is 0 Å². The molecule has 4 atom stereocenters. The van der Waals surface area contributed by atoms with Crippen LogP contribution in [0.25, 0.3) is 0 Å². The van der Waals surface area contributed by atoms with Crippen LogP contribution in [0, 0.1) is 5.92 Å². The third kappa shape index (κ3) is 2.54. The third-order valence-electron chi connectivity index (χ3n) is 4.30. The van der Waals surface area contributed by atoms with Crippen LogP contribution in [-0.4, -0.2) is 36.1 Å². The summed E-state index contributed by atoms with van der Waals surface area (Å²) in [6.07, 6.45) is 5.77. The number of rotatable bonds is 1. The molecule has 0 aromatic rings. The predicted octanol–water partition coefficient (Wildman–Crippen LogP) is 2.25. The maximum absolute atomic E-state index is 3.57. The van der Waals surface area contributed by atoms with E-state index < -0.39 is 0 Å². The van der Waals surface area contributed by atoms with E-state index in [1.807, 2.05) is 0 Å². The topological polar surface area (TPSA) is 15.3 Å². The van der Waals surface area contributed by atoms with Crippen LogP contribution in [0.5, 0.6) is 0 Å². The SMILES string of the molecule is CC1CN(C2CCCCC2C)C(C)CN1. The molecule has 2 fully saturated rings. The molecular formula is C13H26N2. The highest BCUT2D eigenvalue weighted by molar-refractivity contribution is 4.89. The summed E-state index contributed by atoms with van der Waals surface area (Å²) < 4.78 is 0. The van der Waals surface area contributed by atoms with Crippen LogP contribution in [0.15, 0.2) is 0 Å². The monoisotopic (exact) mass is 210 g/mol. The van der Waals surface area contributed by atoms with Gasteiger partial charge < -0.3 is 5.32 Å². The fourth-order valence-corrected chi connectivity index (χ4v) is 3.30. The van der Waals surface area contributed by atoms with Gasteiger partial charge in [-0.1, -0.05) is 19.8 Å². The first-order chi connectivity index (χ1) is 7.18. The quantitative estimate of drug-likeness (QED) is 0.714. The van der Waals surface area contributed by atoms with E-state index in [1.165, 1.54) is 38.8 Å². The highest BCUT2D eigenvalue weighted by atomic mass is 15.3. The Morgan fingerprint density at radius 1 is 1.07 bits per heavy atom. The largest absolute Gasteiger partial charge is 0.311 e. The van der Waals surface area contributed by atoms with Crippen molar-refractivity contribution in [3.63, 3.8) is 0 Å². The van der Waals surface area contributed by atoms with Crippen LogP contribution >= 0.6 is 0 Å². The van der Waals surface area contributed by atoms with Gasteiger partial charge in [0.1, 0.15) is 0 Å². The van der Waals surface area contributed by atoms with Gasteiger partial charge in [-0.2, -0.15) is 0 Å². The minimum Gasteiger partial charge on any atom is -0.311 e. The smallest absolute Gasteiger partial charge is 0.0196 e. The molecule has 0 aromatic carbocycles. The van der Waals surface area contributed by atoms with Crippen molar-refractivity contribution in [3.8, 4) is 0 Å². The second-order valence-electron chi connectivity index (χ2n) is 5.68. The third-order valence-corrected chi connectivity index (χ3v) is 4.30. The van der Waals surface area contributed by atoms with Crippen molar-refractivity contribution in [1.29, 1.82) is 0 Å². The molecule has 2 heteroatoms. The van der Waals surface area contributed by atoms with E-state index in [2.05, 4.69) is 31.0 Å². The number of hydrogen-bond acceptors (Lipinski definition) is 2. The van der Waals surface area contributed by atoms with Gasteiger partial charge in [0.05, 0.1) is 0 Å². The summed E-state index contributed by atoms with van der Waals surface area (Å²) in [4.78, 5) is 2.77. The Labute approximate surface area is 94.4 Å². The molecule has 0 bridgehead atoms. The van der Waals surface area contributed by atoms with Gasteiger partial charge in [-0.3, -0.25) is 4.90 Å². The molecular weight excluding hydrogens is 184 g/mol. The number of nitrogens with one attached hydrogen (secondary N) is 1. The lowest BCUT2D eigenvalue weighted by Crippen LogP contribution is -2.59. The molecule has 0 aromatic heterocycles. The average molecular weight is 210 g/mol. The standard InChI is InChI=1S/C13H26N2/c1-10-6-4-5-7-13(10)15-9-11(2)14-8-12(15)3/h10-14H,4-9H2,1-3H3. The molecule has 1 saturated carbocycles. The van der Waals surface area contributed by atoms with Crippen molar-refractivity contribution in [2.24, 2.45) is 5.92 Å². The van der Waals surface area contributed by atoms with E-state index in [9.17, 15) is 0 Å². The first-order valence-corrected chi connectivity index (χ1v) is 6.67. The molecule has 1 saturated heterocycles. The van der Waals surface area contributed by atoms with E-state index in [4.69, 9.17) is 0 Å². The van der Waals surface area contributed by atoms with Crippen LogP contribution in [0.2, 0.25) is 0 Å². The predicted molar refractivity (Wildman–Crippen MR) is 65.1 cm³/mol. The molecule has 1 aliphatic heterocycles. The summed E-state index contributed by atoms with van der Waals surface area (Å²) in [7, 11) is 0. The maximum atomic E-state index is 3.57.